The zero-order valence-electron chi connectivity index (χ0n) is 16.5. The molecule has 2 rings (SSSR count). The van der Waals surface area contributed by atoms with Crippen molar-refractivity contribution in [3.63, 3.8) is 0 Å². The van der Waals surface area contributed by atoms with E-state index in [0.717, 1.165) is 22.4 Å². The third-order valence-electron chi connectivity index (χ3n) is 4.62. The number of aryl methyl sites for hydroxylation is 1. The van der Waals surface area contributed by atoms with Gasteiger partial charge in [0.2, 0.25) is 11.8 Å². The molecule has 0 unspecified atom stereocenters. The summed E-state index contributed by atoms with van der Waals surface area (Å²) in [5, 5.41) is 2.67. The van der Waals surface area contributed by atoms with E-state index < -0.39 is 6.04 Å². The van der Waals surface area contributed by atoms with Gasteiger partial charge in [0.1, 0.15) is 11.8 Å². The topological polar surface area (TPSA) is 58.6 Å². The van der Waals surface area contributed by atoms with E-state index in [0.29, 0.717) is 13.0 Å². The van der Waals surface area contributed by atoms with Gasteiger partial charge in [-0.15, -0.1) is 0 Å². The number of carbonyl (C=O) groups excluding carboxylic acids is 2. The number of rotatable bonds is 8. The van der Waals surface area contributed by atoms with Crippen molar-refractivity contribution in [3.05, 3.63) is 65.2 Å². The van der Waals surface area contributed by atoms with Crippen LogP contribution in [0, 0.1) is 6.92 Å². The van der Waals surface area contributed by atoms with Crippen molar-refractivity contribution in [1.82, 2.24) is 10.2 Å². The molecule has 5 heteroatoms. The Bertz CT molecular complexity index is 754. The standard InChI is InChI=1S/C22H28N2O3/c1-5-20(22(26)23-3)24(15-18-10-12-19(27-4)13-11-18)21(25)14-17-8-6-16(2)7-9-17/h6-13,20H,5,14-15H2,1-4H3,(H,23,26)/t20-/m1/s1. The number of nitrogens with one attached hydrogen (secondary N) is 1. The Labute approximate surface area is 161 Å². The lowest BCUT2D eigenvalue weighted by molar-refractivity contribution is -0.140. The maximum atomic E-state index is 13.1. The van der Waals surface area contributed by atoms with E-state index in [1.54, 1.807) is 19.1 Å². The minimum Gasteiger partial charge on any atom is -0.497 e. The number of benzene rings is 2. The van der Waals surface area contributed by atoms with Crippen LogP contribution in [0.1, 0.15) is 30.0 Å². The molecule has 0 aliphatic carbocycles. The van der Waals surface area contributed by atoms with E-state index in [-0.39, 0.29) is 18.2 Å². The van der Waals surface area contributed by atoms with Crippen molar-refractivity contribution in [2.75, 3.05) is 14.2 Å². The lowest BCUT2D eigenvalue weighted by Gasteiger charge is -2.30. The predicted octanol–water partition coefficient (Wildman–Crippen LogP) is 3.10. The second-order valence-electron chi connectivity index (χ2n) is 6.57. The molecule has 144 valence electrons. The number of likely N-dealkylation sites (N-methyl/N-ethyl adjacent to an activating group) is 1. The summed E-state index contributed by atoms with van der Waals surface area (Å²) in [6.07, 6.45) is 0.819. The summed E-state index contributed by atoms with van der Waals surface area (Å²) in [6, 6.07) is 15.0. The van der Waals surface area contributed by atoms with Crippen LogP contribution in [0.5, 0.6) is 5.75 Å². The summed E-state index contributed by atoms with van der Waals surface area (Å²) in [5.74, 6) is 0.544. The Morgan fingerprint density at radius 2 is 1.63 bits per heavy atom. The van der Waals surface area contributed by atoms with Gasteiger partial charge in [-0.1, -0.05) is 48.9 Å². The predicted molar refractivity (Wildman–Crippen MR) is 107 cm³/mol. The zero-order valence-corrected chi connectivity index (χ0v) is 16.5. The molecule has 2 aromatic rings. The molecule has 27 heavy (non-hydrogen) atoms. The van der Waals surface area contributed by atoms with Gasteiger partial charge in [0.05, 0.1) is 13.5 Å². The second kappa shape index (κ2) is 9.76. The highest BCUT2D eigenvalue weighted by atomic mass is 16.5. The number of hydrogen-bond acceptors (Lipinski definition) is 3. The molecule has 1 atom stereocenters. The van der Waals surface area contributed by atoms with E-state index >= 15 is 0 Å². The van der Waals surface area contributed by atoms with E-state index in [2.05, 4.69) is 5.32 Å². The van der Waals surface area contributed by atoms with Crippen LogP contribution in [0.2, 0.25) is 0 Å². The molecule has 0 aliphatic rings. The summed E-state index contributed by atoms with van der Waals surface area (Å²) in [6.45, 7) is 4.31. The van der Waals surface area contributed by atoms with Crippen LogP contribution in [0.3, 0.4) is 0 Å². The SMILES string of the molecule is CC[C@H](C(=O)NC)N(Cc1ccc(OC)cc1)C(=O)Cc1ccc(C)cc1. The third-order valence-corrected chi connectivity index (χ3v) is 4.62. The molecule has 1 N–H and O–H groups in total. The molecule has 5 nitrogen and oxygen atoms in total. The molecule has 0 aromatic heterocycles. The van der Waals surface area contributed by atoms with Crippen LogP contribution >= 0.6 is 0 Å². The van der Waals surface area contributed by atoms with Crippen LogP contribution in [-0.4, -0.2) is 36.9 Å². The number of hydrogen-bond donors (Lipinski definition) is 1. The summed E-state index contributed by atoms with van der Waals surface area (Å²) >= 11 is 0. The van der Waals surface area contributed by atoms with E-state index in [1.807, 2.05) is 62.4 Å². The van der Waals surface area contributed by atoms with Crippen molar-refractivity contribution >= 4 is 11.8 Å². The number of nitrogens with zero attached hydrogens (tertiary/aromatic N) is 1. The van der Waals surface area contributed by atoms with Crippen molar-refractivity contribution in [3.8, 4) is 5.75 Å². The highest BCUT2D eigenvalue weighted by molar-refractivity contribution is 5.88. The first-order chi connectivity index (χ1) is 13.0. The van der Waals surface area contributed by atoms with Gasteiger partial charge >= 0.3 is 0 Å². The van der Waals surface area contributed by atoms with Gasteiger partial charge in [0.15, 0.2) is 0 Å². The molecule has 0 heterocycles. The van der Waals surface area contributed by atoms with Crippen LogP contribution < -0.4 is 10.1 Å². The zero-order chi connectivity index (χ0) is 19.8. The molecular weight excluding hydrogens is 340 g/mol. The molecule has 0 spiro atoms. The van der Waals surface area contributed by atoms with Crippen LogP contribution in [0.4, 0.5) is 0 Å². The molecule has 0 saturated heterocycles. The smallest absolute Gasteiger partial charge is 0.242 e. The lowest BCUT2D eigenvalue weighted by Crippen LogP contribution is -2.48. The van der Waals surface area contributed by atoms with Gasteiger partial charge in [0.25, 0.3) is 0 Å². The fraction of sp³-hybridized carbons (Fsp3) is 0.364. The molecule has 0 radical (unpaired) electrons. The molecule has 0 saturated carbocycles. The Balaban J connectivity index is 2.25. The molecule has 0 bridgehead atoms. The number of carbonyl (C=O) groups is 2. The highest BCUT2D eigenvalue weighted by Crippen LogP contribution is 2.17. The van der Waals surface area contributed by atoms with Gasteiger partial charge in [-0.05, 0) is 36.6 Å². The first-order valence-electron chi connectivity index (χ1n) is 9.18. The average Bonchev–Trinajstić information content (AvgIpc) is 2.69. The maximum absolute atomic E-state index is 13.1. The van der Waals surface area contributed by atoms with Crippen LogP contribution in [0.25, 0.3) is 0 Å². The van der Waals surface area contributed by atoms with Crippen molar-refractivity contribution < 1.29 is 14.3 Å². The molecule has 2 aromatic carbocycles. The summed E-state index contributed by atoms with van der Waals surface area (Å²) in [4.78, 5) is 27.1. The quantitative estimate of drug-likeness (QED) is 0.779. The minimum absolute atomic E-state index is 0.0647. The van der Waals surface area contributed by atoms with Crippen molar-refractivity contribution in [1.29, 1.82) is 0 Å². The van der Waals surface area contributed by atoms with E-state index in [1.165, 1.54) is 0 Å². The van der Waals surface area contributed by atoms with Gasteiger partial charge in [-0.25, -0.2) is 0 Å². The summed E-state index contributed by atoms with van der Waals surface area (Å²) in [7, 11) is 3.21. The van der Waals surface area contributed by atoms with Gasteiger partial charge in [0, 0.05) is 13.6 Å². The van der Waals surface area contributed by atoms with E-state index in [4.69, 9.17) is 4.74 Å². The molecular formula is C22H28N2O3. The van der Waals surface area contributed by atoms with Crippen LogP contribution in [-0.2, 0) is 22.6 Å². The minimum atomic E-state index is -0.505. The number of methoxy groups -OCH3 is 1. The Morgan fingerprint density at radius 1 is 1.04 bits per heavy atom. The Kier molecular flexibility index (Phi) is 7.41. The van der Waals surface area contributed by atoms with Crippen LogP contribution in [0.15, 0.2) is 48.5 Å². The molecule has 0 fully saturated rings. The first kappa shape index (κ1) is 20.5. The average molecular weight is 368 g/mol. The summed E-state index contributed by atoms with van der Waals surface area (Å²) < 4.78 is 5.19. The molecule has 2 amide bonds. The van der Waals surface area contributed by atoms with E-state index in [9.17, 15) is 9.59 Å². The number of amides is 2. The largest absolute Gasteiger partial charge is 0.497 e. The molecule has 0 aliphatic heterocycles. The lowest BCUT2D eigenvalue weighted by atomic mass is 10.1. The van der Waals surface area contributed by atoms with Gasteiger partial charge in [-0.3, -0.25) is 9.59 Å². The Morgan fingerprint density at radius 3 is 2.15 bits per heavy atom. The van der Waals surface area contributed by atoms with Gasteiger partial charge < -0.3 is 15.0 Å². The fourth-order valence-corrected chi connectivity index (χ4v) is 3.00. The normalized spacial score (nSPS) is 11.6. The van der Waals surface area contributed by atoms with Crippen molar-refractivity contribution in [2.24, 2.45) is 0 Å². The Hall–Kier alpha value is -2.82. The first-order valence-corrected chi connectivity index (χ1v) is 9.18. The second-order valence-corrected chi connectivity index (χ2v) is 6.57. The fourth-order valence-electron chi connectivity index (χ4n) is 3.00. The summed E-state index contributed by atoms with van der Waals surface area (Å²) in [5.41, 5.74) is 3.05. The van der Waals surface area contributed by atoms with Crippen molar-refractivity contribution in [2.45, 2.75) is 39.3 Å². The maximum Gasteiger partial charge on any atom is 0.242 e. The highest BCUT2D eigenvalue weighted by Gasteiger charge is 2.27. The monoisotopic (exact) mass is 368 g/mol. The number of ether oxygens (including phenoxy) is 1. The van der Waals surface area contributed by atoms with Gasteiger partial charge in [-0.2, -0.15) is 0 Å². The third kappa shape index (κ3) is 5.58.